The summed E-state index contributed by atoms with van der Waals surface area (Å²) in [6, 6.07) is 10.6. The molecule has 4 nitrogen and oxygen atoms in total. The van der Waals surface area contributed by atoms with E-state index in [1.54, 1.807) is 7.05 Å². The number of rotatable bonds is 11. The van der Waals surface area contributed by atoms with Gasteiger partial charge in [0, 0.05) is 24.5 Å². The van der Waals surface area contributed by atoms with Gasteiger partial charge in [-0.2, -0.15) is 26.3 Å². The third-order valence-electron chi connectivity index (χ3n) is 5.89. The van der Waals surface area contributed by atoms with Crippen LogP contribution in [0.1, 0.15) is 54.0 Å². The lowest BCUT2D eigenvalue weighted by Crippen LogP contribution is -2.48. The summed E-state index contributed by atoms with van der Waals surface area (Å²) in [4.78, 5) is 0. The lowest BCUT2D eigenvalue weighted by atomic mass is 9.91. The van der Waals surface area contributed by atoms with Crippen molar-refractivity contribution in [2.24, 2.45) is 11.5 Å². The molecule has 2 aromatic carbocycles. The molecule has 1 unspecified atom stereocenters. The maximum Gasteiger partial charge on any atom is 0.416 e. The number of alkyl halides is 6. The SMILES string of the molecule is CN[C@H](CN)C(N)CC[C@@H](CO[C@H](C)c1cc(C(F)(F)F)cc(C(F)(F)F)c1)c1ccccc1. The van der Waals surface area contributed by atoms with Crippen molar-refractivity contribution in [1.82, 2.24) is 5.32 Å². The third-order valence-corrected chi connectivity index (χ3v) is 5.89. The number of halogens is 6. The molecule has 2 aromatic rings. The molecular weight excluding hydrogens is 460 g/mol. The van der Waals surface area contributed by atoms with Gasteiger partial charge in [0.2, 0.25) is 0 Å². The van der Waals surface area contributed by atoms with E-state index in [1.165, 1.54) is 6.92 Å². The lowest BCUT2D eigenvalue weighted by Gasteiger charge is -2.26. The first-order valence-corrected chi connectivity index (χ1v) is 11.0. The van der Waals surface area contributed by atoms with E-state index in [0.717, 1.165) is 5.56 Å². The molecule has 10 heteroatoms. The van der Waals surface area contributed by atoms with E-state index >= 15 is 0 Å². The molecule has 4 atom stereocenters. The Balaban J connectivity index is 2.21. The van der Waals surface area contributed by atoms with Crippen molar-refractivity contribution >= 4 is 0 Å². The van der Waals surface area contributed by atoms with Crippen LogP contribution in [0.15, 0.2) is 48.5 Å². The van der Waals surface area contributed by atoms with Crippen molar-refractivity contribution in [3.63, 3.8) is 0 Å². The Kier molecular flexibility index (Phi) is 9.93. The Morgan fingerprint density at radius 3 is 1.91 bits per heavy atom. The molecule has 5 N–H and O–H groups in total. The predicted octanol–water partition coefficient (Wildman–Crippen LogP) is 5.24. The Hall–Kier alpha value is -2.14. The first-order chi connectivity index (χ1) is 15.9. The summed E-state index contributed by atoms with van der Waals surface area (Å²) >= 11 is 0. The Labute approximate surface area is 195 Å². The van der Waals surface area contributed by atoms with Gasteiger partial charge in [-0.3, -0.25) is 0 Å². The van der Waals surface area contributed by atoms with Crippen LogP contribution in [0.4, 0.5) is 26.3 Å². The molecule has 0 fully saturated rings. The molecule has 0 aliphatic heterocycles. The highest BCUT2D eigenvalue weighted by atomic mass is 19.4. The fourth-order valence-electron chi connectivity index (χ4n) is 3.74. The zero-order chi connectivity index (χ0) is 25.5. The molecule has 0 radical (unpaired) electrons. The van der Waals surface area contributed by atoms with Crippen molar-refractivity contribution in [1.29, 1.82) is 0 Å². The second-order valence-corrected chi connectivity index (χ2v) is 8.29. The lowest BCUT2D eigenvalue weighted by molar-refractivity contribution is -0.143. The number of nitrogens with two attached hydrogens (primary N) is 2. The minimum absolute atomic E-state index is 0.0813. The third kappa shape index (κ3) is 7.97. The van der Waals surface area contributed by atoms with Crippen molar-refractivity contribution < 1.29 is 31.1 Å². The summed E-state index contributed by atoms with van der Waals surface area (Å²) in [7, 11) is 1.77. The zero-order valence-corrected chi connectivity index (χ0v) is 19.1. The van der Waals surface area contributed by atoms with Crippen LogP contribution < -0.4 is 16.8 Å². The molecule has 2 rings (SSSR count). The number of nitrogens with one attached hydrogen (secondary N) is 1. The molecule has 0 bridgehead atoms. The second kappa shape index (κ2) is 12.0. The van der Waals surface area contributed by atoms with E-state index in [4.69, 9.17) is 16.2 Å². The van der Waals surface area contributed by atoms with Gasteiger partial charge in [0.25, 0.3) is 0 Å². The van der Waals surface area contributed by atoms with Gasteiger partial charge in [-0.25, -0.2) is 0 Å². The van der Waals surface area contributed by atoms with Crippen LogP contribution in [-0.2, 0) is 17.1 Å². The molecule has 0 amide bonds. The normalized spacial score (nSPS) is 16.2. The molecule has 190 valence electrons. The van der Waals surface area contributed by atoms with Gasteiger partial charge in [0.05, 0.1) is 23.8 Å². The number of likely N-dealkylation sites (N-methyl/N-ethyl adjacent to an activating group) is 1. The van der Waals surface area contributed by atoms with Crippen LogP contribution in [0.2, 0.25) is 0 Å². The summed E-state index contributed by atoms with van der Waals surface area (Å²) in [6.07, 6.45) is -9.61. The fraction of sp³-hybridized carbons (Fsp3) is 0.500. The van der Waals surface area contributed by atoms with Crippen LogP contribution in [0.25, 0.3) is 0 Å². The van der Waals surface area contributed by atoms with Crippen LogP contribution in [-0.4, -0.2) is 32.3 Å². The molecule has 0 saturated carbocycles. The maximum atomic E-state index is 13.2. The average molecular weight is 492 g/mol. The molecule has 34 heavy (non-hydrogen) atoms. The smallest absolute Gasteiger partial charge is 0.373 e. The minimum Gasteiger partial charge on any atom is -0.373 e. The molecule has 0 heterocycles. The highest BCUT2D eigenvalue weighted by molar-refractivity contribution is 5.34. The summed E-state index contributed by atoms with van der Waals surface area (Å²) in [6.45, 7) is 1.90. The molecule has 0 saturated heterocycles. The Morgan fingerprint density at radius 2 is 1.44 bits per heavy atom. The highest BCUT2D eigenvalue weighted by Gasteiger charge is 2.37. The van der Waals surface area contributed by atoms with E-state index in [9.17, 15) is 26.3 Å². The number of ether oxygens (including phenoxy) is 1. The van der Waals surface area contributed by atoms with Gasteiger partial charge < -0.3 is 21.5 Å². The largest absolute Gasteiger partial charge is 0.416 e. The van der Waals surface area contributed by atoms with E-state index < -0.39 is 29.6 Å². The minimum atomic E-state index is -4.91. The van der Waals surface area contributed by atoms with Gasteiger partial charge in [-0.15, -0.1) is 0 Å². The van der Waals surface area contributed by atoms with Gasteiger partial charge in [-0.05, 0) is 56.1 Å². The van der Waals surface area contributed by atoms with E-state index in [0.29, 0.717) is 31.5 Å². The predicted molar refractivity (Wildman–Crippen MR) is 119 cm³/mol. The Morgan fingerprint density at radius 1 is 0.882 bits per heavy atom. The van der Waals surface area contributed by atoms with Crippen LogP contribution in [0.3, 0.4) is 0 Å². The van der Waals surface area contributed by atoms with E-state index in [-0.39, 0.29) is 36.2 Å². The highest BCUT2D eigenvalue weighted by Crippen LogP contribution is 2.38. The molecule has 0 aliphatic rings. The average Bonchev–Trinajstić information content (AvgIpc) is 2.78. The van der Waals surface area contributed by atoms with Gasteiger partial charge >= 0.3 is 12.4 Å². The number of hydrogen-bond donors (Lipinski definition) is 3. The summed E-state index contributed by atoms with van der Waals surface area (Å²) in [5.41, 5.74) is 9.98. The number of benzene rings is 2. The quantitative estimate of drug-likeness (QED) is 0.376. The summed E-state index contributed by atoms with van der Waals surface area (Å²) < 4.78 is 85.0. The summed E-state index contributed by atoms with van der Waals surface area (Å²) in [5.74, 6) is -0.155. The van der Waals surface area contributed by atoms with E-state index in [2.05, 4.69) is 5.32 Å². The fourth-order valence-corrected chi connectivity index (χ4v) is 3.74. The van der Waals surface area contributed by atoms with Gasteiger partial charge in [0.1, 0.15) is 0 Å². The van der Waals surface area contributed by atoms with Crippen molar-refractivity contribution in [2.75, 3.05) is 20.2 Å². The van der Waals surface area contributed by atoms with Crippen molar-refractivity contribution in [2.45, 2.75) is 56.2 Å². The van der Waals surface area contributed by atoms with E-state index in [1.807, 2.05) is 30.3 Å². The first-order valence-electron chi connectivity index (χ1n) is 11.0. The van der Waals surface area contributed by atoms with Crippen molar-refractivity contribution in [3.05, 3.63) is 70.8 Å². The van der Waals surface area contributed by atoms with Crippen LogP contribution in [0, 0.1) is 0 Å². The van der Waals surface area contributed by atoms with Crippen LogP contribution in [0.5, 0.6) is 0 Å². The standard InChI is InChI=1S/C24H31F6N3O/c1-15(18-10-19(23(25,26)27)12-20(11-18)24(28,29)30)34-14-17(16-6-4-3-5-7-16)8-9-21(32)22(13-31)33-2/h3-7,10-12,15,17,21-22,33H,8-9,13-14,31-32H2,1-2H3/t15-,17+,21?,22-/m1/s1. The summed E-state index contributed by atoms with van der Waals surface area (Å²) in [5, 5.41) is 3.06. The second-order valence-electron chi connectivity index (χ2n) is 8.29. The number of hydrogen-bond acceptors (Lipinski definition) is 4. The van der Waals surface area contributed by atoms with Crippen LogP contribution >= 0.6 is 0 Å². The molecular formula is C24H31F6N3O. The van der Waals surface area contributed by atoms with Gasteiger partial charge in [-0.1, -0.05) is 30.3 Å². The maximum absolute atomic E-state index is 13.2. The van der Waals surface area contributed by atoms with Crippen molar-refractivity contribution in [3.8, 4) is 0 Å². The topological polar surface area (TPSA) is 73.3 Å². The molecule has 0 spiro atoms. The monoisotopic (exact) mass is 491 g/mol. The van der Waals surface area contributed by atoms with Gasteiger partial charge in [0.15, 0.2) is 0 Å². The zero-order valence-electron chi connectivity index (χ0n) is 19.1. The molecule has 0 aliphatic carbocycles. The Bertz CT molecular complexity index is 852. The first kappa shape index (κ1) is 28.1. The molecule has 0 aromatic heterocycles.